The molecular formula is C22H22N2O. The van der Waals surface area contributed by atoms with Crippen molar-refractivity contribution in [2.75, 3.05) is 0 Å². The second-order valence-corrected chi connectivity index (χ2v) is 6.25. The molecule has 0 aliphatic heterocycles. The van der Waals surface area contributed by atoms with Gasteiger partial charge in [0.25, 0.3) is 0 Å². The van der Waals surface area contributed by atoms with Gasteiger partial charge >= 0.3 is 0 Å². The van der Waals surface area contributed by atoms with E-state index in [-0.39, 0.29) is 22.5 Å². The van der Waals surface area contributed by atoms with Gasteiger partial charge in [-0.2, -0.15) is 0 Å². The van der Waals surface area contributed by atoms with Crippen molar-refractivity contribution in [2.24, 2.45) is 5.92 Å². The average Bonchev–Trinajstić information content (AvgIpc) is 3.10. The van der Waals surface area contributed by atoms with Crippen LogP contribution in [0.3, 0.4) is 0 Å². The Morgan fingerprint density at radius 1 is 1.16 bits per heavy atom. The number of aromatic nitrogens is 2. The first-order chi connectivity index (χ1) is 15.2. The Bertz CT molecular complexity index is 1350. The highest BCUT2D eigenvalue weighted by Crippen LogP contribution is 2.34. The van der Waals surface area contributed by atoms with E-state index < -0.39 is 26.0 Å². The predicted octanol–water partition coefficient (Wildman–Crippen LogP) is 5.86. The van der Waals surface area contributed by atoms with Crippen LogP contribution in [0, 0.1) is 19.6 Å². The van der Waals surface area contributed by atoms with Crippen LogP contribution in [0.25, 0.3) is 33.3 Å². The van der Waals surface area contributed by atoms with Crippen LogP contribution < -0.4 is 0 Å². The zero-order valence-electron chi connectivity index (χ0n) is 21.9. The number of nitrogens with zero attached hydrogens (tertiary/aromatic N) is 2. The van der Waals surface area contributed by atoms with Crippen molar-refractivity contribution in [3.05, 3.63) is 59.4 Å². The molecule has 3 aromatic heterocycles. The summed E-state index contributed by atoms with van der Waals surface area (Å²) < 4.78 is 69.4. The molecule has 0 radical (unpaired) electrons. The van der Waals surface area contributed by atoms with Gasteiger partial charge in [-0.15, -0.1) is 0 Å². The molecule has 0 amide bonds. The molecule has 0 saturated carbocycles. The van der Waals surface area contributed by atoms with E-state index in [1.165, 1.54) is 18.3 Å². The Labute approximate surface area is 159 Å². The highest BCUT2D eigenvalue weighted by atomic mass is 16.3. The van der Waals surface area contributed by atoms with E-state index in [0.29, 0.717) is 27.6 Å². The van der Waals surface area contributed by atoms with Gasteiger partial charge in [0.2, 0.25) is 5.71 Å². The van der Waals surface area contributed by atoms with E-state index in [9.17, 15) is 0 Å². The summed E-state index contributed by atoms with van der Waals surface area (Å²) >= 11 is 0. The van der Waals surface area contributed by atoms with Crippen LogP contribution in [0.5, 0.6) is 0 Å². The van der Waals surface area contributed by atoms with Gasteiger partial charge in [-0.05, 0) is 61.4 Å². The van der Waals surface area contributed by atoms with Crippen LogP contribution in [-0.2, 0) is 6.37 Å². The van der Waals surface area contributed by atoms with Crippen molar-refractivity contribution in [1.29, 1.82) is 0 Å². The second-order valence-electron chi connectivity index (χ2n) is 6.25. The quantitative estimate of drug-likeness (QED) is 0.470. The van der Waals surface area contributed by atoms with Crippen molar-refractivity contribution in [1.82, 2.24) is 9.97 Å². The van der Waals surface area contributed by atoms with E-state index in [2.05, 4.69) is 9.97 Å². The van der Waals surface area contributed by atoms with E-state index in [4.69, 9.17) is 15.4 Å². The van der Waals surface area contributed by atoms with Crippen LogP contribution in [0.15, 0.2) is 47.0 Å². The summed E-state index contributed by atoms with van der Waals surface area (Å²) in [5.41, 5.74) is 1.21. The third-order valence-corrected chi connectivity index (χ3v) is 3.99. The maximum atomic E-state index is 8.40. The Balaban J connectivity index is 1.95. The molecule has 0 saturated heterocycles. The molecule has 0 bridgehead atoms. The largest absolute Gasteiger partial charge is 0.437 e. The lowest BCUT2D eigenvalue weighted by Crippen LogP contribution is -1.98. The zero-order chi connectivity index (χ0) is 24.3. The van der Waals surface area contributed by atoms with Crippen LogP contribution in [0.2, 0.25) is 0 Å². The summed E-state index contributed by atoms with van der Waals surface area (Å²) in [6.45, 7) is -1.55. The first-order valence-corrected chi connectivity index (χ1v) is 8.05. The molecule has 0 atom stereocenters. The summed E-state index contributed by atoms with van der Waals surface area (Å²) in [6, 6.07) is 9.75. The molecule has 0 N–H and O–H groups in total. The topological polar surface area (TPSA) is 38.9 Å². The number of pyridine rings is 2. The number of benzene rings is 1. The number of aryl methyl sites for hydroxylation is 2. The van der Waals surface area contributed by atoms with E-state index in [1.807, 2.05) is 0 Å². The monoisotopic (exact) mass is 338 g/mol. The SMILES string of the molecule is [2H]C([2H])([2H])c1ccc2c(n1)oc1c(-c3cc(C([2H])([2H])[2H])c(C([2H])([2H])C(C)C)cn3)cccc12. The van der Waals surface area contributed by atoms with Gasteiger partial charge in [0, 0.05) is 39.2 Å². The van der Waals surface area contributed by atoms with E-state index in [0.717, 1.165) is 0 Å². The first-order valence-electron chi connectivity index (χ1n) is 12.1. The minimum absolute atomic E-state index is 0.0296. The lowest BCUT2D eigenvalue weighted by molar-refractivity contribution is 0.643. The molecule has 126 valence electrons. The summed E-state index contributed by atoms with van der Waals surface area (Å²) in [4.78, 5) is 8.54. The first kappa shape index (κ1) is 9.14. The molecular weight excluding hydrogens is 308 g/mol. The lowest BCUT2D eigenvalue weighted by atomic mass is 9.98. The molecule has 0 aliphatic carbocycles. The van der Waals surface area contributed by atoms with Crippen LogP contribution in [0.4, 0.5) is 0 Å². The zero-order valence-corrected chi connectivity index (χ0v) is 13.9. The fraction of sp³-hybridized carbons (Fsp3) is 0.273. The molecule has 0 spiro atoms. The third kappa shape index (κ3) is 2.80. The molecule has 4 aromatic rings. The van der Waals surface area contributed by atoms with Gasteiger partial charge in [0.05, 0.1) is 5.69 Å². The van der Waals surface area contributed by atoms with Crippen molar-refractivity contribution in [2.45, 2.75) is 33.9 Å². The van der Waals surface area contributed by atoms with Crippen LogP contribution >= 0.6 is 0 Å². The number of para-hydroxylation sites is 1. The number of hydrogen-bond donors (Lipinski definition) is 0. The Kier molecular flexibility index (Phi) is 2.19. The third-order valence-electron chi connectivity index (χ3n) is 3.99. The molecule has 3 heterocycles. The normalized spacial score (nSPS) is 18.0. The number of fused-ring (bicyclic) bond motifs is 3. The average molecular weight is 338 g/mol. The Morgan fingerprint density at radius 2 is 2.08 bits per heavy atom. The summed E-state index contributed by atoms with van der Waals surface area (Å²) in [5, 5.41) is 1.31. The molecule has 3 heteroatoms. The van der Waals surface area contributed by atoms with Crippen molar-refractivity contribution < 1.29 is 15.4 Å². The molecule has 4 rings (SSSR count). The predicted molar refractivity (Wildman–Crippen MR) is 103 cm³/mol. The van der Waals surface area contributed by atoms with Gasteiger partial charge in [-0.3, -0.25) is 4.98 Å². The smallest absolute Gasteiger partial charge is 0.227 e. The molecule has 0 fully saturated rings. The van der Waals surface area contributed by atoms with Gasteiger partial charge in [0.15, 0.2) is 0 Å². The summed E-state index contributed by atoms with van der Waals surface area (Å²) in [7, 11) is 0. The number of furan rings is 1. The summed E-state index contributed by atoms with van der Waals surface area (Å²) in [6.07, 6.45) is -0.597. The highest BCUT2D eigenvalue weighted by Gasteiger charge is 2.14. The fourth-order valence-electron chi connectivity index (χ4n) is 2.91. The molecule has 1 aromatic carbocycles. The maximum Gasteiger partial charge on any atom is 0.227 e. The summed E-state index contributed by atoms with van der Waals surface area (Å²) in [5.74, 6) is -0.455. The minimum Gasteiger partial charge on any atom is -0.437 e. The molecule has 0 aliphatic rings. The van der Waals surface area contributed by atoms with E-state index in [1.54, 1.807) is 38.1 Å². The molecule has 0 unspecified atom stereocenters. The van der Waals surface area contributed by atoms with Crippen molar-refractivity contribution in [3.63, 3.8) is 0 Å². The lowest BCUT2D eigenvalue weighted by Gasteiger charge is -2.10. The molecule has 3 nitrogen and oxygen atoms in total. The van der Waals surface area contributed by atoms with Gasteiger partial charge in [-0.1, -0.05) is 26.0 Å². The minimum atomic E-state index is -2.55. The van der Waals surface area contributed by atoms with Gasteiger partial charge < -0.3 is 4.42 Å². The van der Waals surface area contributed by atoms with Crippen molar-refractivity contribution in [3.8, 4) is 11.3 Å². The van der Waals surface area contributed by atoms with Gasteiger partial charge in [0.1, 0.15) is 5.58 Å². The Morgan fingerprint density at radius 3 is 2.88 bits per heavy atom. The fourth-order valence-corrected chi connectivity index (χ4v) is 2.91. The highest BCUT2D eigenvalue weighted by molar-refractivity contribution is 6.08. The maximum absolute atomic E-state index is 8.40. The van der Waals surface area contributed by atoms with E-state index >= 15 is 0 Å². The second kappa shape index (κ2) is 5.99. The number of hydrogen-bond acceptors (Lipinski definition) is 3. The van der Waals surface area contributed by atoms with Crippen LogP contribution in [-0.4, -0.2) is 9.97 Å². The van der Waals surface area contributed by atoms with Gasteiger partial charge in [-0.25, -0.2) is 4.98 Å². The Hall–Kier alpha value is -2.68. The molecule has 25 heavy (non-hydrogen) atoms. The van der Waals surface area contributed by atoms with Crippen molar-refractivity contribution >= 4 is 22.1 Å². The number of rotatable bonds is 3. The standard InChI is InChI=1S/C22H22N2O/c1-13(2)10-16-12-23-20(11-14(16)3)19-7-5-6-17-18-9-8-15(4)24-22(18)25-21(17)19/h5-9,11-13H,10H2,1-4H3/i3D3,4D3,10D2. The van der Waals surface area contributed by atoms with Crippen LogP contribution in [0.1, 0.15) is 41.6 Å².